The number of aromatic nitrogens is 6. The molecule has 3 rings (SSSR count). The lowest BCUT2D eigenvalue weighted by molar-refractivity contribution is 0.100. The van der Waals surface area contributed by atoms with E-state index >= 15 is 0 Å². The molecule has 0 radical (unpaired) electrons. The van der Waals surface area contributed by atoms with Gasteiger partial charge in [-0.05, 0) is 12.1 Å². The largest absolute Gasteiger partial charge is 0.293 e. The van der Waals surface area contributed by atoms with Crippen molar-refractivity contribution in [3.8, 4) is 11.6 Å². The van der Waals surface area contributed by atoms with Gasteiger partial charge in [-0.25, -0.2) is 9.97 Å². The average molecular weight is 296 g/mol. The number of ketones is 2. The summed E-state index contributed by atoms with van der Waals surface area (Å²) >= 11 is 0. The predicted octanol–water partition coefficient (Wildman–Crippen LogP) is 1.25. The van der Waals surface area contributed by atoms with E-state index in [-0.39, 0.29) is 11.6 Å². The van der Waals surface area contributed by atoms with Gasteiger partial charge in [0.15, 0.2) is 23.2 Å². The van der Waals surface area contributed by atoms with Crippen molar-refractivity contribution in [3.05, 3.63) is 48.6 Å². The van der Waals surface area contributed by atoms with Gasteiger partial charge in [0, 0.05) is 26.2 Å². The van der Waals surface area contributed by atoms with Crippen molar-refractivity contribution in [2.24, 2.45) is 0 Å². The van der Waals surface area contributed by atoms with Gasteiger partial charge in [-0.2, -0.15) is 0 Å². The molecule has 0 spiro atoms. The second kappa shape index (κ2) is 5.32. The third-order valence-electron chi connectivity index (χ3n) is 3.05. The Labute approximate surface area is 125 Å². The molecule has 3 aromatic heterocycles. The molecule has 0 saturated heterocycles. The van der Waals surface area contributed by atoms with Crippen LogP contribution in [0.2, 0.25) is 0 Å². The minimum atomic E-state index is -0.112. The Morgan fingerprint density at radius 2 is 1.23 bits per heavy atom. The van der Waals surface area contributed by atoms with Crippen LogP contribution in [-0.4, -0.2) is 40.9 Å². The Bertz CT molecular complexity index is 775. The fourth-order valence-electron chi connectivity index (χ4n) is 1.85. The summed E-state index contributed by atoms with van der Waals surface area (Å²) in [5.74, 6) is 0.850. The molecule has 8 nitrogen and oxygen atoms in total. The highest BCUT2D eigenvalue weighted by Gasteiger charge is 2.08. The van der Waals surface area contributed by atoms with Gasteiger partial charge < -0.3 is 0 Å². The Balaban J connectivity index is 1.88. The lowest BCUT2D eigenvalue weighted by Crippen LogP contribution is -2.01. The van der Waals surface area contributed by atoms with E-state index in [9.17, 15) is 9.59 Å². The van der Waals surface area contributed by atoms with Gasteiger partial charge in [-0.1, -0.05) is 0 Å². The molecule has 0 aliphatic carbocycles. The van der Waals surface area contributed by atoms with Crippen LogP contribution in [0.4, 0.5) is 0 Å². The molecular formula is C14H12N6O2. The highest BCUT2D eigenvalue weighted by Crippen LogP contribution is 2.09. The van der Waals surface area contributed by atoms with Gasteiger partial charge in [0.05, 0.1) is 0 Å². The van der Waals surface area contributed by atoms with Gasteiger partial charge in [0.25, 0.3) is 0 Å². The summed E-state index contributed by atoms with van der Waals surface area (Å²) in [6, 6.07) is 3.47. The fourth-order valence-corrected chi connectivity index (χ4v) is 1.85. The number of rotatable bonds is 4. The van der Waals surface area contributed by atoms with Crippen LogP contribution >= 0.6 is 0 Å². The molecule has 0 aliphatic rings. The van der Waals surface area contributed by atoms with E-state index in [1.807, 2.05) is 0 Å². The van der Waals surface area contributed by atoms with Crippen molar-refractivity contribution >= 4 is 11.6 Å². The van der Waals surface area contributed by atoms with Crippen molar-refractivity contribution in [2.45, 2.75) is 13.8 Å². The zero-order valence-electron chi connectivity index (χ0n) is 12.0. The van der Waals surface area contributed by atoms with Crippen LogP contribution in [0, 0.1) is 0 Å². The standard InChI is InChI=1S/C14H12N6O2/c1-9(21)11-5-19(7-15-11)13-3-4-14(18-17-13)20-6-12(10(2)22)16-8-20/h3-8H,1-2H3. The van der Waals surface area contributed by atoms with Crippen molar-refractivity contribution in [3.63, 3.8) is 0 Å². The monoisotopic (exact) mass is 296 g/mol. The lowest BCUT2D eigenvalue weighted by atomic mass is 10.3. The van der Waals surface area contributed by atoms with E-state index < -0.39 is 0 Å². The van der Waals surface area contributed by atoms with Crippen LogP contribution < -0.4 is 0 Å². The van der Waals surface area contributed by atoms with E-state index in [1.54, 1.807) is 33.7 Å². The number of carbonyl (C=O) groups excluding carboxylic acids is 2. The molecule has 0 aliphatic heterocycles. The summed E-state index contributed by atoms with van der Waals surface area (Å²) in [6.07, 6.45) is 6.20. The van der Waals surface area contributed by atoms with Crippen molar-refractivity contribution in [1.29, 1.82) is 0 Å². The average Bonchev–Trinajstić information content (AvgIpc) is 3.17. The maximum Gasteiger partial charge on any atom is 0.179 e. The van der Waals surface area contributed by atoms with Crippen LogP contribution in [0.3, 0.4) is 0 Å². The first kappa shape index (κ1) is 13.8. The molecule has 0 saturated carbocycles. The maximum absolute atomic E-state index is 11.2. The van der Waals surface area contributed by atoms with E-state index in [2.05, 4.69) is 20.2 Å². The van der Waals surface area contributed by atoms with Crippen LogP contribution in [0.15, 0.2) is 37.2 Å². The normalized spacial score (nSPS) is 10.6. The Morgan fingerprint density at radius 1 is 0.818 bits per heavy atom. The topological polar surface area (TPSA) is 95.6 Å². The van der Waals surface area contributed by atoms with Gasteiger partial charge in [0.2, 0.25) is 0 Å². The third-order valence-corrected chi connectivity index (χ3v) is 3.05. The number of imidazole rings is 2. The van der Waals surface area contributed by atoms with Gasteiger partial charge in [-0.3, -0.25) is 18.7 Å². The van der Waals surface area contributed by atoms with Gasteiger partial charge in [0.1, 0.15) is 24.0 Å². The van der Waals surface area contributed by atoms with Crippen molar-refractivity contribution < 1.29 is 9.59 Å². The summed E-state index contributed by atoms with van der Waals surface area (Å²) in [6.45, 7) is 2.90. The molecule has 0 atom stereocenters. The Hall–Kier alpha value is -3.16. The van der Waals surface area contributed by atoms with Crippen LogP contribution in [0.25, 0.3) is 11.6 Å². The summed E-state index contributed by atoms with van der Waals surface area (Å²) in [7, 11) is 0. The zero-order valence-corrected chi connectivity index (χ0v) is 12.0. The van der Waals surface area contributed by atoms with E-state index in [0.29, 0.717) is 23.0 Å². The van der Waals surface area contributed by atoms with Crippen LogP contribution in [-0.2, 0) is 0 Å². The Morgan fingerprint density at radius 3 is 1.50 bits per heavy atom. The second-order valence-corrected chi connectivity index (χ2v) is 4.69. The molecule has 22 heavy (non-hydrogen) atoms. The second-order valence-electron chi connectivity index (χ2n) is 4.69. The molecule has 0 unspecified atom stereocenters. The lowest BCUT2D eigenvalue weighted by Gasteiger charge is -2.02. The Kier molecular flexibility index (Phi) is 3.34. The maximum atomic E-state index is 11.2. The molecule has 3 aromatic rings. The molecular weight excluding hydrogens is 284 g/mol. The van der Waals surface area contributed by atoms with Crippen LogP contribution in [0.1, 0.15) is 34.8 Å². The number of Topliss-reactive ketones (excluding diaryl/α,β-unsaturated/α-hetero) is 2. The van der Waals surface area contributed by atoms with E-state index in [0.717, 1.165) is 0 Å². The molecule has 0 N–H and O–H groups in total. The van der Waals surface area contributed by atoms with E-state index in [4.69, 9.17) is 0 Å². The number of hydrogen-bond acceptors (Lipinski definition) is 6. The smallest absolute Gasteiger partial charge is 0.179 e. The molecule has 0 fully saturated rings. The van der Waals surface area contributed by atoms with Crippen molar-refractivity contribution in [2.75, 3.05) is 0 Å². The number of nitrogens with zero attached hydrogens (tertiary/aromatic N) is 6. The first-order valence-corrected chi connectivity index (χ1v) is 6.49. The summed E-state index contributed by atoms with van der Waals surface area (Å²) in [4.78, 5) is 30.5. The van der Waals surface area contributed by atoms with Gasteiger partial charge in [-0.15, -0.1) is 10.2 Å². The molecule has 8 heteroatoms. The zero-order chi connectivity index (χ0) is 15.7. The first-order chi connectivity index (χ1) is 10.5. The third kappa shape index (κ3) is 2.53. The number of hydrogen-bond donors (Lipinski definition) is 0. The summed E-state index contributed by atoms with van der Waals surface area (Å²) < 4.78 is 3.23. The minimum absolute atomic E-state index is 0.112. The van der Waals surface area contributed by atoms with Crippen LogP contribution in [0.5, 0.6) is 0 Å². The predicted molar refractivity (Wildman–Crippen MR) is 76.3 cm³/mol. The highest BCUT2D eigenvalue weighted by molar-refractivity contribution is 5.92. The molecule has 0 aromatic carbocycles. The minimum Gasteiger partial charge on any atom is -0.293 e. The summed E-state index contributed by atoms with van der Waals surface area (Å²) in [5.41, 5.74) is 0.734. The summed E-state index contributed by atoms with van der Waals surface area (Å²) in [5, 5.41) is 8.16. The highest BCUT2D eigenvalue weighted by atomic mass is 16.1. The molecule has 0 amide bonds. The molecule has 0 bridgehead atoms. The fraction of sp³-hybridized carbons (Fsp3) is 0.143. The first-order valence-electron chi connectivity index (χ1n) is 6.49. The number of carbonyl (C=O) groups is 2. The molecule has 110 valence electrons. The van der Waals surface area contributed by atoms with Crippen molar-refractivity contribution in [1.82, 2.24) is 29.3 Å². The van der Waals surface area contributed by atoms with Gasteiger partial charge >= 0.3 is 0 Å². The van der Waals surface area contributed by atoms with E-state index in [1.165, 1.54) is 26.5 Å². The quantitative estimate of drug-likeness (QED) is 0.672. The molecule has 3 heterocycles. The SMILES string of the molecule is CC(=O)c1cn(-c2ccc(-n3cnc(C(C)=O)c3)nn2)cn1.